The summed E-state index contributed by atoms with van der Waals surface area (Å²) in [6, 6.07) is 15.5. The summed E-state index contributed by atoms with van der Waals surface area (Å²) in [6.07, 6.45) is 3.11. The third-order valence-corrected chi connectivity index (χ3v) is 9.10. The zero-order chi connectivity index (χ0) is 28.6. The molecule has 0 amide bonds. The van der Waals surface area contributed by atoms with E-state index >= 15 is 0 Å². The molecule has 1 atom stereocenters. The van der Waals surface area contributed by atoms with Gasteiger partial charge in [0.15, 0.2) is 4.90 Å². The molecule has 2 aromatic carbocycles. The van der Waals surface area contributed by atoms with Gasteiger partial charge in [-0.25, -0.2) is 13.4 Å². The van der Waals surface area contributed by atoms with Crippen LogP contribution in [-0.4, -0.2) is 28.1 Å². The Kier molecular flexibility index (Phi) is 7.25. The van der Waals surface area contributed by atoms with E-state index in [9.17, 15) is 28.0 Å². The Morgan fingerprint density at radius 2 is 1.88 bits per heavy atom. The number of aryl methyl sites for hydroxylation is 3. The van der Waals surface area contributed by atoms with E-state index in [1.165, 1.54) is 22.8 Å². The molecule has 0 fully saturated rings. The second-order valence-corrected chi connectivity index (χ2v) is 11.7. The van der Waals surface area contributed by atoms with Crippen LogP contribution < -0.4 is 5.56 Å². The van der Waals surface area contributed by atoms with Gasteiger partial charge < -0.3 is 5.11 Å². The van der Waals surface area contributed by atoms with E-state index < -0.39 is 38.2 Å². The molecule has 2 aromatic heterocycles. The molecule has 8 nitrogen and oxygen atoms in total. The number of aromatic nitrogens is 3. The number of hydrogen-bond donors (Lipinski definition) is 1. The molecule has 0 bridgehead atoms. The van der Waals surface area contributed by atoms with Gasteiger partial charge in [-0.2, -0.15) is 14.6 Å². The molecule has 0 saturated carbocycles. The van der Waals surface area contributed by atoms with Gasteiger partial charge >= 0.3 is 0 Å². The summed E-state index contributed by atoms with van der Waals surface area (Å²) in [5, 5.41) is 20.9. The molecular weight excluding hydrogens is 531 g/mol. The highest BCUT2D eigenvalue weighted by Gasteiger charge is 2.34. The summed E-state index contributed by atoms with van der Waals surface area (Å²) < 4.78 is 42.4. The van der Waals surface area contributed by atoms with Crippen LogP contribution in [0, 0.1) is 24.2 Å². The number of nitriles is 1. The average molecular weight is 559 g/mol. The number of nitrogens with zero attached hydrogens (tertiary/aromatic N) is 4. The van der Waals surface area contributed by atoms with Crippen molar-refractivity contribution in [1.29, 1.82) is 5.26 Å². The van der Waals surface area contributed by atoms with Crippen molar-refractivity contribution in [3.8, 4) is 23.1 Å². The molecule has 4 aromatic rings. The molecule has 1 unspecified atom stereocenters. The lowest BCUT2D eigenvalue weighted by molar-refractivity contribution is 0.361. The quantitative estimate of drug-likeness (QED) is 0.315. The van der Waals surface area contributed by atoms with E-state index in [1.807, 2.05) is 13.0 Å². The lowest BCUT2D eigenvalue weighted by atomic mass is 10.0. The predicted octanol–water partition coefficient (Wildman–Crippen LogP) is 5.04. The summed E-state index contributed by atoms with van der Waals surface area (Å²) in [6.45, 7) is 3.63. The van der Waals surface area contributed by atoms with Gasteiger partial charge in [0.2, 0.25) is 21.7 Å². The Morgan fingerprint density at radius 1 is 1.12 bits per heavy atom. The van der Waals surface area contributed by atoms with Crippen LogP contribution in [0.15, 0.2) is 69.2 Å². The molecule has 0 spiro atoms. The Balaban J connectivity index is 1.63. The zero-order valence-corrected chi connectivity index (χ0v) is 22.9. The average Bonchev–Trinajstić information content (AvgIpc) is 3.34. The second-order valence-electron chi connectivity index (χ2n) is 9.83. The van der Waals surface area contributed by atoms with Crippen molar-refractivity contribution < 1.29 is 17.9 Å². The number of halogens is 1. The largest absolute Gasteiger partial charge is 0.493 e. The van der Waals surface area contributed by atoms with Crippen molar-refractivity contribution in [2.45, 2.75) is 61.8 Å². The van der Waals surface area contributed by atoms with Crippen LogP contribution in [0.1, 0.15) is 60.4 Å². The fourth-order valence-electron chi connectivity index (χ4n) is 5.31. The highest BCUT2D eigenvalue weighted by molar-refractivity contribution is 7.91. The van der Waals surface area contributed by atoms with Gasteiger partial charge in [-0.15, -0.1) is 0 Å². The maximum Gasteiger partial charge on any atom is 0.296 e. The fourth-order valence-corrected chi connectivity index (χ4v) is 6.65. The first-order valence-corrected chi connectivity index (χ1v) is 14.5. The van der Waals surface area contributed by atoms with E-state index in [0.717, 1.165) is 17.5 Å². The number of hydrogen-bond acceptors (Lipinski definition) is 7. The summed E-state index contributed by atoms with van der Waals surface area (Å²) >= 11 is 0. The molecule has 0 aliphatic heterocycles. The van der Waals surface area contributed by atoms with E-state index in [4.69, 9.17) is 0 Å². The number of pyridine rings is 1. The summed E-state index contributed by atoms with van der Waals surface area (Å²) in [5.41, 5.74) is 2.92. The van der Waals surface area contributed by atoms with E-state index in [0.29, 0.717) is 53.9 Å². The van der Waals surface area contributed by atoms with Gasteiger partial charge in [0.05, 0.1) is 22.6 Å². The van der Waals surface area contributed by atoms with Gasteiger partial charge in [0.25, 0.3) is 5.56 Å². The Hall–Kier alpha value is -4.36. The van der Waals surface area contributed by atoms with Gasteiger partial charge in [0, 0.05) is 17.7 Å². The van der Waals surface area contributed by atoms with Gasteiger partial charge in [-0.3, -0.25) is 9.36 Å². The molecule has 0 radical (unpaired) electrons. The standard InChI is InChI=1S/C30H27FN4O4S/c1-3-4-5-27-34-29(36)28(30(37)35(27)25-14-10-21-7-6-19(17-32)16-24(21)25)40(38,39)22-11-8-20(9-12-22)23-13-15-26(31)33-18(23)2/h6-9,11-13,15-16,25,37H,3-5,10,14H2,1-2H3. The monoisotopic (exact) mass is 558 g/mol. The number of rotatable bonds is 7. The number of unbranched alkanes of at least 4 members (excludes halogenated alkanes) is 1. The first-order chi connectivity index (χ1) is 19.1. The van der Waals surface area contributed by atoms with Crippen molar-refractivity contribution in [1.82, 2.24) is 14.5 Å². The maximum absolute atomic E-state index is 13.8. The molecule has 0 saturated heterocycles. The summed E-state index contributed by atoms with van der Waals surface area (Å²) in [7, 11) is -4.47. The minimum absolute atomic E-state index is 0.190. The molecular formula is C30H27FN4O4S. The van der Waals surface area contributed by atoms with Crippen molar-refractivity contribution in [2.24, 2.45) is 0 Å². The predicted molar refractivity (Wildman–Crippen MR) is 146 cm³/mol. The fraction of sp³-hybridized carbons (Fsp3) is 0.267. The van der Waals surface area contributed by atoms with Crippen LogP contribution in [0.25, 0.3) is 11.1 Å². The third kappa shape index (κ3) is 4.77. The number of sulfone groups is 1. The van der Waals surface area contributed by atoms with Crippen LogP contribution in [0.2, 0.25) is 0 Å². The summed E-state index contributed by atoms with van der Waals surface area (Å²) in [4.78, 5) is 20.2. The van der Waals surface area contributed by atoms with Crippen LogP contribution >= 0.6 is 0 Å². The molecule has 1 N–H and O–H groups in total. The first-order valence-electron chi connectivity index (χ1n) is 13.0. The molecule has 40 heavy (non-hydrogen) atoms. The van der Waals surface area contributed by atoms with E-state index in [2.05, 4.69) is 16.0 Å². The smallest absolute Gasteiger partial charge is 0.296 e. The van der Waals surface area contributed by atoms with Crippen LogP contribution in [0.3, 0.4) is 0 Å². The van der Waals surface area contributed by atoms with Crippen LogP contribution in [0.5, 0.6) is 5.88 Å². The topological polar surface area (TPSA) is 126 Å². The highest BCUT2D eigenvalue weighted by atomic mass is 32.2. The second kappa shape index (κ2) is 10.7. The van der Waals surface area contributed by atoms with Crippen molar-refractivity contribution >= 4 is 9.84 Å². The number of fused-ring (bicyclic) bond motifs is 1. The lowest BCUT2D eigenvalue weighted by Crippen LogP contribution is -2.27. The zero-order valence-electron chi connectivity index (χ0n) is 22.1. The summed E-state index contributed by atoms with van der Waals surface area (Å²) in [5.74, 6) is -0.970. The van der Waals surface area contributed by atoms with Crippen LogP contribution in [-0.2, 0) is 22.7 Å². The minimum Gasteiger partial charge on any atom is -0.493 e. The van der Waals surface area contributed by atoms with Gasteiger partial charge in [-0.1, -0.05) is 31.5 Å². The van der Waals surface area contributed by atoms with Gasteiger partial charge in [0.1, 0.15) is 5.82 Å². The Bertz CT molecular complexity index is 1830. The molecule has 2 heterocycles. The van der Waals surface area contributed by atoms with Crippen LogP contribution in [0.4, 0.5) is 4.39 Å². The lowest BCUT2D eigenvalue weighted by Gasteiger charge is -2.23. The maximum atomic E-state index is 13.8. The normalized spacial score (nSPS) is 14.6. The molecule has 10 heteroatoms. The third-order valence-electron chi connectivity index (χ3n) is 7.32. The molecule has 5 rings (SSSR count). The molecule has 1 aliphatic rings. The van der Waals surface area contributed by atoms with Crippen molar-refractivity contribution in [3.05, 3.63) is 99.1 Å². The minimum atomic E-state index is -4.47. The molecule has 204 valence electrons. The van der Waals surface area contributed by atoms with Crippen molar-refractivity contribution in [2.75, 3.05) is 0 Å². The number of benzene rings is 2. The van der Waals surface area contributed by atoms with E-state index in [1.54, 1.807) is 37.3 Å². The SMILES string of the molecule is CCCCc1nc(=O)c(S(=O)(=O)c2ccc(-c3ccc(F)nc3C)cc2)c(O)n1C1CCc2ccc(C#N)cc21. The first kappa shape index (κ1) is 27.2. The van der Waals surface area contributed by atoms with Gasteiger partial charge in [-0.05, 0) is 79.3 Å². The Morgan fingerprint density at radius 3 is 2.55 bits per heavy atom. The molecule has 1 aliphatic carbocycles. The Labute approximate surface area is 231 Å². The highest BCUT2D eigenvalue weighted by Crippen LogP contribution is 2.40. The van der Waals surface area contributed by atoms with Crippen molar-refractivity contribution in [3.63, 3.8) is 0 Å². The van der Waals surface area contributed by atoms with E-state index in [-0.39, 0.29) is 4.90 Å². The number of aromatic hydroxyl groups is 1.